The lowest BCUT2D eigenvalue weighted by Crippen LogP contribution is -2.31. The SMILES string of the molecule is CNCc1ccc(S(=O)(=O)NCC2CCCO2)s1. The molecule has 0 aromatic carbocycles. The molecule has 0 spiro atoms. The molecule has 1 aliphatic heterocycles. The standard InChI is InChI=1S/C11H18N2O3S2/c1-12-8-10-4-5-11(17-10)18(14,15)13-7-9-3-2-6-16-9/h4-5,9,12-13H,2-3,6-8H2,1H3. The number of thiophene rings is 1. The number of sulfonamides is 1. The highest BCUT2D eigenvalue weighted by Gasteiger charge is 2.21. The fourth-order valence-corrected chi connectivity index (χ4v) is 4.33. The van der Waals surface area contributed by atoms with Crippen LogP contribution in [0.3, 0.4) is 0 Å². The summed E-state index contributed by atoms with van der Waals surface area (Å²) in [4.78, 5) is 1.01. The first kappa shape index (κ1) is 14.0. The Balaban J connectivity index is 1.95. The summed E-state index contributed by atoms with van der Waals surface area (Å²) in [5.74, 6) is 0. The third-order valence-electron chi connectivity index (χ3n) is 2.78. The lowest BCUT2D eigenvalue weighted by Gasteiger charge is -2.10. The van der Waals surface area contributed by atoms with Crippen molar-refractivity contribution >= 4 is 21.4 Å². The first-order chi connectivity index (χ1) is 8.62. The van der Waals surface area contributed by atoms with Gasteiger partial charge >= 0.3 is 0 Å². The van der Waals surface area contributed by atoms with E-state index in [-0.39, 0.29) is 6.10 Å². The van der Waals surface area contributed by atoms with Gasteiger partial charge < -0.3 is 10.1 Å². The molecule has 0 bridgehead atoms. The van der Waals surface area contributed by atoms with E-state index < -0.39 is 10.0 Å². The second kappa shape index (κ2) is 6.12. The maximum atomic E-state index is 12.0. The largest absolute Gasteiger partial charge is 0.377 e. The highest BCUT2D eigenvalue weighted by molar-refractivity contribution is 7.91. The van der Waals surface area contributed by atoms with Crippen molar-refractivity contribution in [3.05, 3.63) is 17.0 Å². The second-order valence-electron chi connectivity index (χ2n) is 4.24. The Hall–Kier alpha value is -0.470. The molecule has 0 aliphatic carbocycles. The van der Waals surface area contributed by atoms with Crippen LogP contribution in [0.1, 0.15) is 17.7 Å². The number of hydrogen-bond acceptors (Lipinski definition) is 5. The van der Waals surface area contributed by atoms with Gasteiger partial charge in [0.15, 0.2) is 0 Å². The highest BCUT2D eigenvalue weighted by Crippen LogP contribution is 2.21. The predicted molar refractivity (Wildman–Crippen MR) is 71.2 cm³/mol. The van der Waals surface area contributed by atoms with Gasteiger partial charge in [0, 0.05) is 24.6 Å². The lowest BCUT2D eigenvalue weighted by atomic mass is 10.2. The van der Waals surface area contributed by atoms with Crippen LogP contribution in [0.4, 0.5) is 0 Å². The third-order valence-corrected chi connectivity index (χ3v) is 5.78. The van der Waals surface area contributed by atoms with Gasteiger partial charge in [-0.15, -0.1) is 11.3 Å². The van der Waals surface area contributed by atoms with Gasteiger partial charge in [-0.1, -0.05) is 0 Å². The summed E-state index contributed by atoms with van der Waals surface area (Å²) in [7, 11) is -1.55. The van der Waals surface area contributed by atoms with E-state index in [9.17, 15) is 8.42 Å². The minimum atomic E-state index is -3.38. The molecule has 102 valence electrons. The molecule has 5 nitrogen and oxygen atoms in total. The molecule has 1 unspecified atom stereocenters. The van der Waals surface area contributed by atoms with Crippen molar-refractivity contribution in [1.29, 1.82) is 0 Å². The summed E-state index contributed by atoms with van der Waals surface area (Å²) in [5.41, 5.74) is 0. The molecule has 0 saturated carbocycles. The first-order valence-corrected chi connectivity index (χ1v) is 8.26. The van der Waals surface area contributed by atoms with Crippen LogP contribution in [-0.2, 0) is 21.3 Å². The Morgan fingerprint density at radius 3 is 3.00 bits per heavy atom. The summed E-state index contributed by atoms with van der Waals surface area (Å²) in [6.07, 6.45) is 1.96. The first-order valence-electron chi connectivity index (χ1n) is 5.96. The topological polar surface area (TPSA) is 67.4 Å². The van der Waals surface area contributed by atoms with E-state index >= 15 is 0 Å². The fourth-order valence-electron chi connectivity index (χ4n) is 1.85. The quantitative estimate of drug-likeness (QED) is 0.818. The number of hydrogen-bond donors (Lipinski definition) is 2. The van der Waals surface area contributed by atoms with E-state index in [1.165, 1.54) is 11.3 Å². The number of nitrogens with one attached hydrogen (secondary N) is 2. The van der Waals surface area contributed by atoms with Crippen LogP contribution >= 0.6 is 11.3 Å². The Kier molecular flexibility index (Phi) is 4.74. The molecule has 1 atom stereocenters. The van der Waals surface area contributed by atoms with E-state index in [2.05, 4.69) is 10.0 Å². The van der Waals surface area contributed by atoms with Gasteiger partial charge in [-0.25, -0.2) is 13.1 Å². The van der Waals surface area contributed by atoms with Gasteiger partial charge in [-0.05, 0) is 32.0 Å². The molecule has 1 saturated heterocycles. The van der Waals surface area contributed by atoms with Crippen molar-refractivity contribution in [3.8, 4) is 0 Å². The van der Waals surface area contributed by atoms with Crippen molar-refractivity contribution in [2.24, 2.45) is 0 Å². The second-order valence-corrected chi connectivity index (χ2v) is 7.40. The van der Waals surface area contributed by atoms with E-state index in [1.807, 2.05) is 13.1 Å². The van der Waals surface area contributed by atoms with E-state index in [1.54, 1.807) is 6.07 Å². The zero-order valence-corrected chi connectivity index (χ0v) is 11.9. The molecular formula is C11H18N2O3S2. The van der Waals surface area contributed by atoms with Crippen molar-refractivity contribution in [1.82, 2.24) is 10.0 Å². The molecule has 18 heavy (non-hydrogen) atoms. The number of ether oxygens (including phenoxy) is 1. The van der Waals surface area contributed by atoms with Crippen LogP contribution < -0.4 is 10.0 Å². The molecule has 0 radical (unpaired) electrons. The van der Waals surface area contributed by atoms with Crippen molar-refractivity contribution in [2.45, 2.75) is 29.7 Å². The summed E-state index contributed by atoms with van der Waals surface area (Å²) >= 11 is 1.29. The van der Waals surface area contributed by atoms with Crippen molar-refractivity contribution < 1.29 is 13.2 Å². The van der Waals surface area contributed by atoms with Gasteiger partial charge in [0.25, 0.3) is 0 Å². The Morgan fingerprint density at radius 2 is 2.33 bits per heavy atom. The molecule has 2 rings (SSSR count). The predicted octanol–water partition coefficient (Wildman–Crippen LogP) is 0.925. The zero-order valence-electron chi connectivity index (χ0n) is 10.3. The minimum Gasteiger partial charge on any atom is -0.377 e. The molecule has 7 heteroatoms. The van der Waals surface area contributed by atoms with Crippen LogP contribution in [-0.4, -0.2) is 34.7 Å². The van der Waals surface area contributed by atoms with Crippen LogP contribution in [0, 0.1) is 0 Å². The van der Waals surface area contributed by atoms with Crippen LogP contribution in [0.5, 0.6) is 0 Å². The Morgan fingerprint density at radius 1 is 1.50 bits per heavy atom. The summed E-state index contributed by atoms with van der Waals surface area (Å²) < 4.78 is 32.4. The van der Waals surface area contributed by atoms with Gasteiger partial charge in [0.2, 0.25) is 10.0 Å². The van der Waals surface area contributed by atoms with E-state index in [0.717, 1.165) is 24.3 Å². The maximum Gasteiger partial charge on any atom is 0.250 e. The molecule has 2 N–H and O–H groups in total. The Bertz CT molecular complexity index is 478. The number of rotatable bonds is 6. The summed E-state index contributed by atoms with van der Waals surface area (Å²) in [6.45, 7) is 1.78. The molecule has 2 heterocycles. The molecular weight excluding hydrogens is 272 g/mol. The Labute approximate surface area is 112 Å². The van der Waals surface area contributed by atoms with Crippen LogP contribution in [0.15, 0.2) is 16.3 Å². The zero-order chi connectivity index (χ0) is 13.0. The van der Waals surface area contributed by atoms with E-state index in [0.29, 0.717) is 17.3 Å². The molecule has 1 fully saturated rings. The van der Waals surface area contributed by atoms with Gasteiger partial charge in [0.1, 0.15) is 4.21 Å². The maximum absolute atomic E-state index is 12.0. The van der Waals surface area contributed by atoms with Crippen LogP contribution in [0.2, 0.25) is 0 Å². The smallest absolute Gasteiger partial charge is 0.250 e. The molecule has 1 aromatic rings. The van der Waals surface area contributed by atoms with Crippen LogP contribution in [0.25, 0.3) is 0 Å². The molecule has 0 amide bonds. The van der Waals surface area contributed by atoms with E-state index in [4.69, 9.17) is 4.74 Å². The van der Waals surface area contributed by atoms with Crippen molar-refractivity contribution in [3.63, 3.8) is 0 Å². The average molecular weight is 290 g/mol. The lowest BCUT2D eigenvalue weighted by molar-refractivity contribution is 0.114. The minimum absolute atomic E-state index is 0.0246. The van der Waals surface area contributed by atoms with Gasteiger partial charge in [-0.3, -0.25) is 0 Å². The molecule has 1 aromatic heterocycles. The molecule has 1 aliphatic rings. The monoisotopic (exact) mass is 290 g/mol. The van der Waals surface area contributed by atoms with Gasteiger partial charge in [0.05, 0.1) is 6.10 Å². The normalized spacial score (nSPS) is 20.4. The summed E-state index contributed by atoms with van der Waals surface area (Å²) in [5, 5.41) is 3.00. The third kappa shape index (κ3) is 3.52. The summed E-state index contributed by atoms with van der Waals surface area (Å²) in [6, 6.07) is 3.48. The highest BCUT2D eigenvalue weighted by atomic mass is 32.2. The average Bonchev–Trinajstić information content (AvgIpc) is 2.98. The van der Waals surface area contributed by atoms with Crippen molar-refractivity contribution in [2.75, 3.05) is 20.2 Å². The van der Waals surface area contributed by atoms with Gasteiger partial charge in [-0.2, -0.15) is 0 Å². The fraction of sp³-hybridized carbons (Fsp3) is 0.636.